The number of para-hydroxylation sites is 2. The summed E-state index contributed by atoms with van der Waals surface area (Å²) in [5, 5.41) is 7.63. The number of halogens is 1. The number of amides is 1. The van der Waals surface area contributed by atoms with Crippen LogP contribution >= 0.6 is 11.6 Å². The molecule has 3 aromatic rings. The van der Waals surface area contributed by atoms with E-state index in [1.165, 1.54) is 7.11 Å². The first-order chi connectivity index (χ1) is 12.2. The summed E-state index contributed by atoms with van der Waals surface area (Å²) in [6, 6.07) is 15.1. The number of aromatic nitrogens is 2. The molecule has 1 N–H and O–H groups in total. The number of benzene rings is 2. The van der Waals surface area contributed by atoms with Crippen LogP contribution in [0.15, 0.2) is 60.9 Å². The second-order valence-corrected chi connectivity index (χ2v) is 5.90. The molecular formula is C19H18ClN3O2. The van der Waals surface area contributed by atoms with Crippen molar-refractivity contribution in [1.82, 2.24) is 9.78 Å². The number of anilines is 1. The molecule has 2 aromatic carbocycles. The van der Waals surface area contributed by atoms with Crippen LogP contribution < -0.4 is 10.1 Å². The molecule has 0 saturated carbocycles. The van der Waals surface area contributed by atoms with E-state index in [1.54, 1.807) is 29.1 Å². The van der Waals surface area contributed by atoms with E-state index in [1.807, 2.05) is 36.5 Å². The molecule has 128 valence electrons. The molecule has 5 nitrogen and oxygen atoms in total. The Labute approximate surface area is 151 Å². The Kier molecular flexibility index (Phi) is 5.36. The van der Waals surface area contributed by atoms with Gasteiger partial charge in [-0.3, -0.25) is 4.79 Å². The van der Waals surface area contributed by atoms with Crippen LogP contribution in [-0.4, -0.2) is 22.8 Å². The van der Waals surface area contributed by atoms with Crippen molar-refractivity contribution >= 4 is 23.2 Å². The monoisotopic (exact) mass is 355 g/mol. The fourth-order valence-electron chi connectivity index (χ4n) is 2.50. The van der Waals surface area contributed by atoms with Gasteiger partial charge in [-0.2, -0.15) is 5.10 Å². The quantitative estimate of drug-likeness (QED) is 0.724. The molecule has 0 bridgehead atoms. The van der Waals surface area contributed by atoms with E-state index in [-0.39, 0.29) is 5.91 Å². The number of hydrogen-bond donors (Lipinski definition) is 1. The molecule has 25 heavy (non-hydrogen) atoms. The van der Waals surface area contributed by atoms with Crippen molar-refractivity contribution < 1.29 is 9.53 Å². The summed E-state index contributed by atoms with van der Waals surface area (Å²) in [4.78, 5) is 12.2. The van der Waals surface area contributed by atoms with Crippen LogP contribution in [0.2, 0.25) is 5.02 Å². The van der Waals surface area contributed by atoms with Crippen LogP contribution in [0.5, 0.6) is 5.75 Å². The van der Waals surface area contributed by atoms with Gasteiger partial charge in [-0.05, 0) is 36.2 Å². The van der Waals surface area contributed by atoms with E-state index in [9.17, 15) is 4.79 Å². The third-order valence-corrected chi connectivity index (χ3v) is 4.04. The first-order valence-electron chi connectivity index (χ1n) is 7.88. The third kappa shape index (κ3) is 4.19. The van der Waals surface area contributed by atoms with Crippen LogP contribution in [0, 0.1) is 0 Å². The summed E-state index contributed by atoms with van der Waals surface area (Å²) in [6.07, 6.45) is 4.65. The van der Waals surface area contributed by atoms with Gasteiger partial charge in [0.25, 0.3) is 0 Å². The van der Waals surface area contributed by atoms with Crippen LogP contribution in [0.3, 0.4) is 0 Å². The SMILES string of the molecule is COc1c(Cl)cccc1NC(=O)CCc1cnn(-c2ccccc2)c1. The minimum atomic E-state index is -0.104. The van der Waals surface area contributed by atoms with Crippen molar-refractivity contribution in [3.05, 3.63) is 71.5 Å². The molecule has 0 saturated heterocycles. The molecule has 0 unspecified atom stereocenters. The molecule has 0 aliphatic heterocycles. The largest absolute Gasteiger partial charge is 0.493 e. The van der Waals surface area contributed by atoms with E-state index >= 15 is 0 Å². The first-order valence-corrected chi connectivity index (χ1v) is 8.26. The molecule has 0 atom stereocenters. The zero-order chi connectivity index (χ0) is 17.6. The number of carbonyl (C=O) groups excluding carboxylic acids is 1. The highest BCUT2D eigenvalue weighted by Gasteiger charge is 2.11. The zero-order valence-electron chi connectivity index (χ0n) is 13.8. The van der Waals surface area contributed by atoms with E-state index < -0.39 is 0 Å². The minimum absolute atomic E-state index is 0.104. The highest BCUT2D eigenvalue weighted by molar-refractivity contribution is 6.32. The summed E-state index contributed by atoms with van der Waals surface area (Å²) in [6.45, 7) is 0. The summed E-state index contributed by atoms with van der Waals surface area (Å²) in [7, 11) is 1.52. The van der Waals surface area contributed by atoms with Gasteiger partial charge in [0, 0.05) is 12.6 Å². The van der Waals surface area contributed by atoms with Crippen LogP contribution in [-0.2, 0) is 11.2 Å². The molecule has 6 heteroatoms. The lowest BCUT2D eigenvalue weighted by Crippen LogP contribution is -2.13. The Morgan fingerprint density at radius 1 is 1.20 bits per heavy atom. The maximum Gasteiger partial charge on any atom is 0.224 e. The number of nitrogens with zero attached hydrogens (tertiary/aromatic N) is 2. The molecule has 1 aromatic heterocycles. The zero-order valence-corrected chi connectivity index (χ0v) is 14.5. The van der Waals surface area contributed by atoms with Crippen molar-refractivity contribution in [2.45, 2.75) is 12.8 Å². The molecule has 0 fully saturated rings. The van der Waals surface area contributed by atoms with Crippen LogP contribution in [0.25, 0.3) is 5.69 Å². The Balaban J connectivity index is 1.60. The Morgan fingerprint density at radius 3 is 2.76 bits per heavy atom. The van der Waals surface area contributed by atoms with Crippen molar-refractivity contribution in [2.75, 3.05) is 12.4 Å². The molecule has 0 aliphatic carbocycles. The first kappa shape index (κ1) is 17.0. The second kappa shape index (κ2) is 7.85. The topological polar surface area (TPSA) is 56.1 Å². The van der Waals surface area contributed by atoms with E-state index in [2.05, 4.69) is 10.4 Å². The summed E-state index contributed by atoms with van der Waals surface area (Å²) in [5.41, 5.74) is 2.55. The van der Waals surface area contributed by atoms with E-state index in [0.717, 1.165) is 11.3 Å². The van der Waals surface area contributed by atoms with Crippen molar-refractivity contribution in [3.8, 4) is 11.4 Å². The smallest absolute Gasteiger partial charge is 0.224 e. The lowest BCUT2D eigenvalue weighted by molar-refractivity contribution is -0.116. The highest BCUT2D eigenvalue weighted by atomic mass is 35.5. The summed E-state index contributed by atoms with van der Waals surface area (Å²) >= 11 is 6.06. The van der Waals surface area contributed by atoms with Gasteiger partial charge in [-0.15, -0.1) is 0 Å². The molecule has 1 amide bonds. The normalized spacial score (nSPS) is 10.5. The highest BCUT2D eigenvalue weighted by Crippen LogP contribution is 2.32. The van der Waals surface area contributed by atoms with E-state index in [4.69, 9.17) is 16.3 Å². The van der Waals surface area contributed by atoms with Crippen molar-refractivity contribution in [3.63, 3.8) is 0 Å². The fraction of sp³-hybridized carbons (Fsp3) is 0.158. The lowest BCUT2D eigenvalue weighted by Gasteiger charge is -2.11. The fourth-order valence-corrected chi connectivity index (χ4v) is 2.75. The van der Waals surface area contributed by atoms with Gasteiger partial charge in [-0.25, -0.2) is 4.68 Å². The number of carbonyl (C=O) groups is 1. The predicted octanol–water partition coefficient (Wildman–Crippen LogP) is 4.11. The minimum Gasteiger partial charge on any atom is -0.493 e. The molecule has 0 radical (unpaired) electrons. The Bertz CT molecular complexity index is 862. The summed E-state index contributed by atoms with van der Waals surface area (Å²) < 4.78 is 7.03. The molecule has 0 aliphatic rings. The molecule has 3 rings (SSSR count). The summed E-state index contributed by atoms with van der Waals surface area (Å²) in [5.74, 6) is 0.363. The maximum atomic E-state index is 12.2. The average molecular weight is 356 g/mol. The van der Waals surface area contributed by atoms with Gasteiger partial charge in [0.05, 0.1) is 29.7 Å². The number of ether oxygens (including phenoxy) is 1. The van der Waals surface area contributed by atoms with Crippen molar-refractivity contribution in [1.29, 1.82) is 0 Å². The van der Waals surface area contributed by atoms with Gasteiger partial charge >= 0.3 is 0 Å². The van der Waals surface area contributed by atoms with E-state index in [0.29, 0.717) is 29.3 Å². The Hall–Kier alpha value is -2.79. The number of aryl methyl sites for hydroxylation is 1. The standard InChI is InChI=1S/C19H18ClN3O2/c1-25-19-16(20)8-5-9-17(19)22-18(24)11-10-14-12-21-23(13-14)15-6-3-2-4-7-15/h2-9,12-13H,10-11H2,1H3,(H,22,24). The maximum absolute atomic E-state index is 12.2. The third-order valence-electron chi connectivity index (χ3n) is 3.74. The molecule has 1 heterocycles. The van der Waals surface area contributed by atoms with Gasteiger partial charge in [0.1, 0.15) is 0 Å². The number of rotatable bonds is 6. The number of nitrogens with one attached hydrogen (secondary N) is 1. The molecular weight excluding hydrogens is 338 g/mol. The number of hydrogen-bond acceptors (Lipinski definition) is 3. The lowest BCUT2D eigenvalue weighted by atomic mass is 10.2. The predicted molar refractivity (Wildman–Crippen MR) is 98.5 cm³/mol. The second-order valence-electron chi connectivity index (χ2n) is 5.50. The number of methoxy groups -OCH3 is 1. The van der Waals surface area contributed by atoms with Gasteiger partial charge in [0.2, 0.25) is 5.91 Å². The van der Waals surface area contributed by atoms with Crippen molar-refractivity contribution in [2.24, 2.45) is 0 Å². The molecule has 0 spiro atoms. The van der Waals surface area contributed by atoms with Crippen LogP contribution in [0.1, 0.15) is 12.0 Å². The van der Waals surface area contributed by atoms with Crippen LogP contribution in [0.4, 0.5) is 5.69 Å². The average Bonchev–Trinajstić information content (AvgIpc) is 3.10. The van der Waals surface area contributed by atoms with Gasteiger partial charge in [-0.1, -0.05) is 35.9 Å². The van der Waals surface area contributed by atoms with Gasteiger partial charge < -0.3 is 10.1 Å². The Morgan fingerprint density at radius 2 is 2.00 bits per heavy atom. The van der Waals surface area contributed by atoms with Gasteiger partial charge in [0.15, 0.2) is 5.75 Å².